The molecular weight excluding hydrogens is 234 g/mol. The first kappa shape index (κ1) is 12.4. The Morgan fingerprint density at radius 2 is 1.95 bits per heavy atom. The Hall–Kier alpha value is -1.61. The van der Waals surface area contributed by atoms with Crippen molar-refractivity contribution in [1.82, 2.24) is 9.88 Å². The van der Waals surface area contributed by atoms with Crippen molar-refractivity contribution < 1.29 is 0 Å². The lowest BCUT2D eigenvalue weighted by molar-refractivity contribution is 0.221. The highest BCUT2D eigenvalue weighted by Crippen LogP contribution is 2.22. The molecule has 1 fully saturated rings. The maximum Gasteiger partial charge on any atom is 0.130 e. The molecule has 1 aliphatic heterocycles. The average Bonchev–Trinajstić information content (AvgIpc) is 2.47. The molecular formula is C16H21N3. The number of rotatable bonds is 3. The van der Waals surface area contributed by atoms with Gasteiger partial charge < -0.3 is 5.32 Å². The van der Waals surface area contributed by atoms with Crippen molar-refractivity contribution in [2.45, 2.75) is 25.8 Å². The zero-order chi connectivity index (χ0) is 13.1. The molecule has 0 saturated carbocycles. The van der Waals surface area contributed by atoms with E-state index in [1.54, 1.807) is 0 Å². The monoisotopic (exact) mass is 255 g/mol. The molecule has 100 valence electrons. The summed E-state index contributed by atoms with van der Waals surface area (Å²) >= 11 is 0. The van der Waals surface area contributed by atoms with Crippen LogP contribution in [0.5, 0.6) is 0 Å². The predicted octanol–water partition coefficient (Wildman–Crippen LogP) is 3.26. The Kier molecular flexibility index (Phi) is 3.65. The molecule has 19 heavy (non-hydrogen) atoms. The number of aromatic nitrogens is 1. The van der Waals surface area contributed by atoms with E-state index in [-0.39, 0.29) is 0 Å². The number of para-hydroxylation sites is 1. The normalized spacial score (nSPS) is 16.7. The van der Waals surface area contributed by atoms with Crippen LogP contribution >= 0.6 is 0 Å². The van der Waals surface area contributed by atoms with Gasteiger partial charge in [-0.05, 0) is 38.1 Å². The summed E-state index contributed by atoms with van der Waals surface area (Å²) < 4.78 is 0. The number of hydrogen-bond donors (Lipinski definition) is 1. The quantitative estimate of drug-likeness (QED) is 0.912. The number of anilines is 1. The summed E-state index contributed by atoms with van der Waals surface area (Å²) in [6.45, 7) is 3.44. The second-order valence-corrected chi connectivity index (χ2v) is 5.28. The first-order valence-electron chi connectivity index (χ1n) is 7.15. The Morgan fingerprint density at radius 1 is 1.16 bits per heavy atom. The van der Waals surface area contributed by atoms with Gasteiger partial charge in [0.15, 0.2) is 0 Å². The van der Waals surface area contributed by atoms with E-state index in [1.165, 1.54) is 43.3 Å². The molecule has 0 spiro atoms. The summed E-state index contributed by atoms with van der Waals surface area (Å²) in [6, 6.07) is 10.6. The summed E-state index contributed by atoms with van der Waals surface area (Å²) in [5.74, 6) is 1.02. The van der Waals surface area contributed by atoms with Crippen LogP contribution in [0.4, 0.5) is 5.82 Å². The van der Waals surface area contributed by atoms with Crippen molar-refractivity contribution in [3.05, 3.63) is 35.9 Å². The van der Waals surface area contributed by atoms with E-state index in [4.69, 9.17) is 4.98 Å². The first-order chi connectivity index (χ1) is 9.36. The van der Waals surface area contributed by atoms with Gasteiger partial charge in [0.2, 0.25) is 0 Å². The van der Waals surface area contributed by atoms with Crippen molar-refractivity contribution in [3.8, 4) is 0 Å². The summed E-state index contributed by atoms with van der Waals surface area (Å²) in [5.41, 5.74) is 2.37. The third-order valence-electron chi connectivity index (χ3n) is 3.88. The number of pyridine rings is 1. The lowest BCUT2D eigenvalue weighted by Crippen LogP contribution is -2.29. The molecule has 2 heterocycles. The lowest BCUT2D eigenvalue weighted by atomic mass is 10.1. The molecule has 1 saturated heterocycles. The van der Waals surface area contributed by atoms with Crippen molar-refractivity contribution in [3.63, 3.8) is 0 Å². The van der Waals surface area contributed by atoms with Crippen molar-refractivity contribution in [1.29, 1.82) is 0 Å². The first-order valence-corrected chi connectivity index (χ1v) is 7.15. The molecule has 0 amide bonds. The van der Waals surface area contributed by atoms with Gasteiger partial charge >= 0.3 is 0 Å². The van der Waals surface area contributed by atoms with E-state index in [0.29, 0.717) is 0 Å². The zero-order valence-electron chi connectivity index (χ0n) is 11.5. The molecule has 0 unspecified atom stereocenters. The molecule has 1 aromatic carbocycles. The van der Waals surface area contributed by atoms with E-state index in [9.17, 15) is 0 Å². The molecule has 0 atom stereocenters. The van der Waals surface area contributed by atoms with Crippen LogP contribution in [0.1, 0.15) is 24.8 Å². The Labute approximate surface area is 114 Å². The summed E-state index contributed by atoms with van der Waals surface area (Å²) in [4.78, 5) is 7.26. The third-order valence-corrected chi connectivity index (χ3v) is 3.88. The second kappa shape index (κ2) is 5.57. The summed E-state index contributed by atoms with van der Waals surface area (Å²) in [6.07, 6.45) is 4.04. The summed E-state index contributed by atoms with van der Waals surface area (Å²) in [7, 11) is 1.96. The maximum absolute atomic E-state index is 4.72. The highest BCUT2D eigenvalue weighted by molar-refractivity contribution is 5.81. The van der Waals surface area contributed by atoms with Crippen LogP contribution in [-0.2, 0) is 6.54 Å². The van der Waals surface area contributed by atoms with Gasteiger partial charge in [-0.15, -0.1) is 0 Å². The molecule has 2 aromatic rings. The van der Waals surface area contributed by atoms with Gasteiger partial charge in [-0.25, -0.2) is 4.98 Å². The Bertz CT molecular complexity index is 559. The molecule has 1 aliphatic rings. The fourth-order valence-electron chi connectivity index (χ4n) is 2.86. The van der Waals surface area contributed by atoms with Crippen LogP contribution < -0.4 is 5.32 Å². The number of fused-ring (bicyclic) bond motifs is 1. The molecule has 0 bridgehead atoms. The fourth-order valence-corrected chi connectivity index (χ4v) is 2.86. The number of piperidine rings is 1. The smallest absolute Gasteiger partial charge is 0.130 e. The second-order valence-electron chi connectivity index (χ2n) is 5.28. The lowest BCUT2D eigenvalue weighted by Gasteiger charge is -2.27. The molecule has 1 aromatic heterocycles. The van der Waals surface area contributed by atoms with Gasteiger partial charge in [-0.3, -0.25) is 4.90 Å². The molecule has 3 heteroatoms. The topological polar surface area (TPSA) is 28.2 Å². The number of nitrogens with zero attached hydrogens (tertiary/aromatic N) is 2. The number of likely N-dealkylation sites (tertiary alicyclic amines) is 1. The minimum atomic E-state index is 1.01. The van der Waals surface area contributed by atoms with Gasteiger partial charge in [-0.2, -0.15) is 0 Å². The van der Waals surface area contributed by atoms with Gasteiger partial charge in [0.05, 0.1) is 5.52 Å². The van der Waals surface area contributed by atoms with E-state index in [0.717, 1.165) is 17.9 Å². The molecule has 0 radical (unpaired) electrons. The molecule has 3 nitrogen and oxygen atoms in total. The minimum absolute atomic E-state index is 1.01. The Morgan fingerprint density at radius 3 is 2.74 bits per heavy atom. The van der Waals surface area contributed by atoms with Gasteiger partial charge in [0, 0.05) is 24.5 Å². The van der Waals surface area contributed by atoms with E-state index < -0.39 is 0 Å². The van der Waals surface area contributed by atoms with Crippen molar-refractivity contribution in [2.24, 2.45) is 0 Å². The maximum atomic E-state index is 4.72. The fraction of sp³-hybridized carbons (Fsp3) is 0.438. The molecule has 3 rings (SSSR count). The number of hydrogen-bond acceptors (Lipinski definition) is 3. The average molecular weight is 255 g/mol. The zero-order valence-corrected chi connectivity index (χ0v) is 11.5. The van der Waals surface area contributed by atoms with Crippen LogP contribution in [0.25, 0.3) is 10.9 Å². The van der Waals surface area contributed by atoms with E-state index >= 15 is 0 Å². The highest BCUT2D eigenvalue weighted by atomic mass is 15.1. The minimum Gasteiger partial charge on any atom is -0.373 e. The van der Waals surface area contributed by atoms with Crippen molar-refractivity contribution in [2.75, 3.05) is 25.5 Å². The SMILES string of the molecule is CNc1nc2ccccc2cc1CN1CCCCC1. The van der Waals surface area contributed by atoms with E-state index in [1.807, 2.05) is 13.1 Å². The third kappa shape index (κ3) is 2.71. The van der Waals surface area contributed by atoms with Crippen LogP contribution in [0, 0.1) is 0 Å². The number of benzene rings is 1. The number of nitrogens with one attached hydrogen (secondary N) is 1. The van der Waals surface area contributed by atoms with Crippen LogP contribution in [-0.4, -0.2) is 30.0 Å². The molecule has 1 N–H and O–H groups in total. The van der Waals surface area contributed by atoms with Gasteiger partial charge in [0.25, 0.3) is 0 Å². The standard InChI is InChI=1S/C16H21N3/c1-17-16-14(12-19-9-5-2-6-10-19)11-13-7-3-4-8-15(13)18-16/h3-4,7-8,11H,2,5-6,9-10,12H2,1H3,(H,17,18). The largest absolute Gasteiger partial charge is 0.373 e. The highest BCUT2D eigenvalue weighted by Gasteiger charge is 2.13. The Balaban J connectivity index is 1.91. The summed E-state index contributed by atoms with van der Waals surface area (Å²) in [5, 5.41) is 4.47. The van der Waals surface area contributed by atoms with Crippen molar-refractivity contribution >= 4 is 16.7 Å². The molecule has 0 aliphatic carbocycles. The van der Waals surface area contributed by atoms with E-state index in [2.05, 4.69) is 34.5 Å². The van der Waals surface area contributed by atoms with Crippen LogP contribution in [0.15, 0.2) is 30.3 Å². The van der Waals surface area contributed by atoms with Crippen LogP contribution in [0.2, 0.25) is 0 Å². The predicted molar refractivity (Wildman–Crippen MR) is 80.4 cm³/mol. The van der Waals surface area contributed by atoms with Crippen LogP contribution in [0.3, 0.4) is 0 Å². The van der Waals surface area contributed by atoms with Gasteiger partial charge in [-0.1, -0.05) is 24.6 Å². The van der Waals surface area contributed by atoms with Gasteiger partial charge in [0.1, 0.15) is 5.82 Å².